The number of hydroxylamine groups is 1. The van der Waals surface area contributed by atoms with Gasteiger partial charge in [0.15, 0.2) is 0 Å². The first-order valence-electron chi connectivity index (χ1n) is 2.40. The van der Waals surface area contributed by atoms with Gasteiger partial charge in [-0.15, -0.1) is 0 Å². The van der Waals surface area contributed by atoms with E-state index < -0.39 is 11.1 Å². The molecule has 0 aliphatic heterocycles. The maximum atomic E-state index is 7.69. The molecule has 0 spiro atoms. The van der Waals surface area contributed by atoms with E-state index in [1.165, 1.54) is 7.11 Å². The molecule has 0 heterocycles. The Bertz CT molecular complexity index is 44.0. The number of hydrogen-bond acceptors (Lipinski definition) is 4. The van der Waals surface area contributed by atoms with Gasteiger partial charge < -0.3 is 14.7 Å². The second-order valence-electron chi connectivity index (χ2n) is 1.27. The Hall–Kier alpha value is 1.10. The summed E-state index contributed by atoms with van der Waals surface area (Å²) in [6.45, 7) is 0.194. The molecule has 9 heavy (non-hydrogen) atoms. The molecule has 0 aliphatic rings. The molecule has 0 aromatic carbocycles. The minimum absolute atomic E-state index is 0.194. The Morgan fingerprint density at radius 2 is 2.22 bits per heavy atom. The molecule has 0 radical (unpaired) electrons. The average Bonchev–Trinajstić information content (AvgIpc) is 1.66. The fourth-order valence-electron chi connectivity index (χ4n) is 0.0645. The van der Waals surface area contributed by atoms with Crippen LogP contribution in [0.15, 0.2) is 0 Å². The fraction of sp³-hybridized carbons (Fsp3) is 1.00. The van der Waals surface area contributed by atoms with Crippen LogP contribution in [-0.2, 0) is 4.74 Å². The van der Waals surface area contributed by atoms with E-state index >= 15 is 0 Å². The second kappa shape index (κ2) is 11.8. The summed E-state index contributed by atoms with van der Waals surface area (Å²) in [4.78, 5) is 0. The third-order valence-electron chi connectivity index (χ3n) is 0.209. The smallest absolute Gasteiger partial charge is 0.404 e. The first kappa shape index (κ1) is 12.8. The van der Waals surface area contributed by atoms with Crippen LogP contribution in [0.1, 0.15) is 0 Å². The fourth-order valence-corrected chi connectivity index (χ4v) is 0.0645. The highest BCUT2D eigenvalue weighted by molar-refractivity contribution is 14.1. The SMILES string of the molecule is COCNO.[CH3][Al]([NH2])[I]. The molecule has 0 rings (SSSR count). The van der Waals surface area contributed by atoms with Crippen LogP contribution in [0, 0.1) is 0 Å². The van der Waals surface area contributed by atoms with Gasteiger partial charge in [0, 0.05) is 7.11 Å². The maximum Gasteiger partial charge on any atom is 0.454 e. The van der Waals surface area contributed by atoms with Crippen LogP contribution in [0.25, 0.3) is 0 Å². The molecule has 0 bridgehead atoms. The van der Waals surface area contributed by atoms with Crippen molar-refractivity contribution in [1.29, 1.82) is 0 Å². The molecule has 0 fully saturated rings. The molecule has 0 amide bonds. The van der Waals surface area contributed by atoms with Gasteiger partial charge in [0.1, 0.15) is 6.73 Å². The molecule has 56 valence electrons. The van der Waals surface area contributed by atoms with Crippen LogP contribution in [0.5, 0.6) is 0 Å². The van der Waals surface area contributed by atoms with Crippen molar-refractivity contribution in [3.63, 3.8) is 0 Å². The van der Waals surface area contributed by atoms with Gasteiger partial charge in [0.05, 0.1) is 0 Å². The lowest BCUT2D eigenvalue weighted by molar-refractivity contribution is 0.0499. The van der Waals surface area contributed by atoms with Gasteiger partial charge in [-0.3, -0.25) is 0 Å². The van der Waals surface area contributed by atoms with Gasteiger partial charge in [-0.1, -0.05) is 5.79 Å². The lowest BCUT2D eigenvalue weighted by Gasteiger charge is -1.87. The molecule has 0 saturated heterocycles. The molecule has 0 aromatic rings. The summed E-state index contributed by atoms with van der Waals surface area (Å²) in [5.74, 6) is 2.07. The third kappa shape index (κ3) is 47.7. The van der Waals surface area contributed by atoms with Gasteiger partial charge in [-0.25, -0.2) is 0 Å². The summed E-state index contributed by atoms with van der Waals surface area (Å²) in [5.41, 5.74) is 1.80. The Balaban J connectivity index is 0. The van der Waals surface area contributed by atoms with Crippen LogP contribution in [0.3, 0.4) is 0 Å². The molecule has 4 nitrogen and oxygen atoms in total. The number of nitrogens with two attached hydrogens (primary N) is 1. The van der Waals surface area contributed by atoms with E-state index in [9.17, 15) is 0 Å². The molecular weight excluding hydrogens is 250 g/mol. The largest absolute Gasteiger partial charge is 0.454 e. The standard InChI is InChI=1S/C2H7NO2.CH3.Al.HI.H2N/c1-5-2-3-4;;;;/h3-4H,2H2,1H3;1H3;;1H;1H2/q;;+2;;-1/p-1. The molecule has 0 unspecified atom stereocenters. The number of nitrogens with one attached hydrogen (secondary N) is 1. The van der Waals surface area contributed by atoms with Gasteiger partial charge in [-0.05, 0) is 0 Å². The van der Waals surface area contributed by atoms with Crippen molar-refractivity contribution in [3.05, 3.63) is 0 Å². The van der Waals surface area contributed by atoms with Crippen molar-refractivity contribution < 1.29 is 9.94 Å². The van der Waals surface area contributed by atoms with Crippen molar-refractivity contribution in [2.45, 2.75) is 5.79 Å². The van der Waals surface area contributed by atoms with Crippen LogP contribution < -0.4 is 10.2 Å². The number of rotatable bonds is 2. The average molecular weight is 262 g/mol. The second-order valence-corrected chi connectivity index (χ2v) is 8.52. The Morgan fingerprint density at radius 3 is 2.22 bits per heavy atom. The van der Waals surface area contributed by atoms with Gasteiger partial charge in [0.25, 0.3) is 0 Å². The number of hydrogen-bond donors (Lipinski definition) is 3. The van der Waals surface area contributed by atoms with E-state index in [-0.39, 0.29) is 6.73 Å². The highest BCUT2D eigenvalue weighted by atomic mass is 127. The van der Waals surface area contributed by atoms with Crippen molar-refractivity contribution in [3.8, 4) is 0 Å². The number of methoxy groups -OCH3 is 1. The number of halogens is 1. The zero-order valence-corrected chi connectivity index (χ0v) is 8.91. The van der Waals surface area contributed by atoms with Crippen LogP contribution in [-0.4, -0.2) is 30.1 Å². The molecule has 0 aromatic heterocycles. The highest BCUT2D eigenvalue weighted by Crippen LogP contribution is 1.76. The lowest BCUT2D eigenvalue weighted by Crippen LogP contribution is -2.09. The number of ether oxygens (including phenoxy) is 1. The normalized spacial score (nSPS) is 7.67. The molecule has 4 N–H and O–H groups in total. The summed E-state index contributed by atoms with van der Waals surface area (Å²) in [6, 6.07) is 0. The van der Waals surface area contributed by atoms with Crippen molar-refractivity contribution in [2.75, 3.05) is 13.8 Å². The third-order valence-corrected chi connectivity index (χ3v) is 0.209. The summed E-state index contributed by atoms with van der Waals surface area (Å²) < 4.78 is 9.57. The lowest BCUT2D eigenvalue weighted by atomic mass is 11.3. The van der Waals surface area contributed by atoms with Crippen molar-refractivity contribution >= 4 is 31.4 Å². The molecule has 0 atom stereocenters. The van der Waals surface area contributed by atoms with Gasteiger partial charge >= 0.3 is 11.1 Å². The monoisotopic (exact) mass is 262 g/mol. The van der Waals surface area contributed by atoms with Crippen molar-refractivity contribution in [2.24, 2.45) is 4.72 Å². The summed E-state index contributed by atoms with van der Waals surface area (Å²) in [5, 5.41) is 7.69. The van der Waals surface area contributed by atoms with E-state index in [0.29, 0.717) is 0 Å². The van der Waals surface area contributed by atoms with Crippen LogP contribution in [0.4, 0.5) is 0 Å². The zero-order chi connectivity index (χ0) is 7.70. The summed E-state index contributed by atoms with van der Waals surface area (Å²) >= 11 is 1.59. The predicted octanol–water partition coefficient (Wildman–Crippen LogP) is 0.0672. The van der Waals surface area contributed by atoms with Gasteiger partial charge in [0.2, 0.25) is 0 Å². The van der Waals surface area contributed by atoms with Crippen molar-refractivity contribution in [1.82, 2.24) is 5.48 Å². The molecular formula is C3H12AlIN2O2. The van der Waals surface area contributed by atoms with Crippen LogP contribution in [0.2, 0.25) is 5.79 Å². The quantitative estimate of drug-likeness (QED) is 0.285. The minimum Gasteiger partial charge on any atom is -0.404 e. The first-order valence-corrected chi connectivity index (χ1v) is 8.40. The highest BCUT2D eigenvalue weighted by Gasteiger charge is 1.88. The van der Waals surface area contributed by atoms with E-state index in [0.717, 1.165) is 0 Å². The maximum absolute atomic E-state index is 7.69. The minimum atomic E-state index is -0.669. The topological polar surface area (TPSA) is 67.5 Å². The molecule has 6 heteroatoms. The Kier molecular flexibility index (Phi) is 16.8. The molecule has 0 aliphatic carbocycles. The summed E-state index contributed by atoms with van der Waals surface area (Å²) in [6.07, 6.45) is 0. The zero-order valence-electron chi connectivity index (χ0n) is 5.60. The molecule has 0 saturated carbocycles. The van der Waals surface area contributed by atoms with Crippen LogP contribution >= 0.6 is 20.3 Å². The van der Waals surface area contributed by atoms with E-state index in [4.69, 9.17) is 9.92 Å². The predicted molar refractivity (Wildman–Crippen MR) is 46.6 cm³/mol. The van der Waals surface area contributed by atoms with Gasteiger partial charge in [-0.2, -0.15) is 25.8 Å². The first-order chi connectivity index (χ1) is 4.15. The van der Waals surface area contributed by atoms with E-state index in [1.807, 2.05) is 0 Å². The Labute approximate surface area is 71.0 Å². The summed E-state index contributed by atoms with van der Waals surface area (Å²) in [7, 11) is 1.49. The van der Waals surface area contributed by atoms with E-state index in [1.54, 1.807) is 5.48 Å². The van der Waals surface area contributed by atoms with E-state index in [2.05, 4.69) is 30.8 Å². The Morgan fingerprint density at radius 1 is 1.89 bits per heavy atom.